The molecular formula is C48H32N2O. The van der Waals surface area contributed by atoms with E-state index in [1.54, 1.807) is 0 Å². The Morgan fingerprint density at radius 1 is 0.412 bits per heavy atom. The Labute approximate surface area is 295 Å². The molecule has 0 amide bonds. The van der Waals surface area contributed by atoms with Crippen LogP contribution in [0, 0.1) is 0 Å². The van der Waals surface area contributed by atoms with Gasteiger partial charge in [-0.25, -0.2) is 0 Å². The van der Waals surface area contributed by atoms with Gasteiger partial charge in [0.1, 0.15) is 11.2 Å². The molecule has 0 radical (unpaired) electrons. The number of nitrogens with zero attached hydrogens (tertiary/aromatic N) is 2. The van der Waals surface area contributed by atoms with E-state index in [-0.39, 0.29) is 0 Å². The van der Waals surface area contributed by atoms with Crippen molar-refractivity contribution in [2.75, 3.05) is 4.90 Å². The van der Waals surface area contributed by atoms with E-state index in [0.29, 0.717) is 0 Å². The van der Waals surface area contributed by atoms with Crippen molar-refractivity contribution in [1.29, 1.82) is 0 Å². The third-order valence-electron chi connectivity index (χ3n) is 9.98. The zero-order valence-corrected chi connectivity index (χ0v) is 27.8. The summed E-state index contributed by atoms with van der Waals surface area (Å²) in [6.45, 7) is 0. The van der Waals surface area contributed by atoms with Gasteiger partial charge >= 0.3 is 0 Å². The fourth-order valence-electron chi connectivity index (χ4n) is 7.79. The number of fused-ring (bicyclic) bond motifs is 6. The number of para-hydroxylation sites is 5. The molecule has 2 aromatic heterocycles. The maximum atomic E-state index is 6.43. The SMILES string of the molecule is c1ccc(-c2ccccc2N(c2cccc(-c3cccc4c5ccccc5n(-c5ccccc5)c34)c2)c2cccc3oc4ccccc4c23)cc1. The first kappa shape index (κ1) is 29.1. The van der Waals surface area contributed by atoms with Crippen LogP contribution in [0.5, 0.6) is 0 Å². The molecular weight excluding hydrogens is 621 g/mol. The molecule has 0 unspecified atom stereocenters. The van der Waals surface area contributed by atoms with Crippen molar-refractivity contribution < 1.29 is 4.42 Å². The number of hydrogen-bond donors (Lipinski definition) is 0. The molecule has 3 nitrogen and oxygen atoms in total. The van der Waals surface area contributed by atoms with E-state index in [2.05, 4.69) is 198 Å². The topological polar surface area (TPSA) is 21.3 Å². The van der Waals surface area contributed by atoms with Gasteiger partial charge in [-0.3, -0.25) is 0 Å². The molecule has 10 rings (SSSR count). The molecule has 3 heteroatoms. The number of benzene rings is 8. The van der Waals surface area contributed by atoms with E-state index in [1.165, 1.54) is 27.4 Å². The highest BCUT2D eigenvalue weighted by atomic mass is 16.3. The largest absolute Gasteiger partial charge is 0.456 e. The van der Waals surface area contributed by atoms with Crippen LogP contribution in [-0.2, 0) is 0 Å². The average Bonchev–Trinajstić information content (AvgIpc) is 3.76. The molecule has 0 aliphatic heterocycles. The Kier molecular flexibility index (Phi) is 6.81. The Morgan fingerprint density at radius 2 is 1.02 bits per heavy atom. The summed E-state index contributed by atoms with van der Waals surface area (Å²) < 4.78 is 8.84. The number of furan rings is 1. The Morgan fingerprint density at radius 3 is 1.90 bits per heavy atom. The van der Waals surface area contributed by atoms with Crippen molar-refractivity contribution in [1.82, 2.24) is 4.57 Å². The molecule has 240 valence electrons. The molecule has 0 aliphatic carbocycles. The van der Waals surface area contributed by atoms with Crippen LogP contribution >= 0.6 is 0 Å². The normalized spacial score (nSPS) is 11.5. The van der Waals surface area contributed by atoms with Crippen molar-refractivity contribution in [3.63, 3.8) is 0 Å². The van der Waals surface area contributed by atoms with Gasteiger partial charge in [-0.05, 0) is 65.7 Å². The van der Waals surface area contributed by atoms with Crippen molar-refractivity contribution in [3.05, 3.63) is 194 Å². The second-order valence-electron chi connectivity index (χ2n) is 12.9. The van der Waals surface area contributed by atoms with Gasteiger partial charge < -0.3 is 13.9 Å². The van der Waals surface area contributed by atoms with Crippen molar-refractivity contribution in [2.45, 2.75) is 0 Å². The van der Waals surface area contributed by atoms with Crippen LogP contribution in [-0.4, -0.2) is 4.57 Å². The molecule has 51 heavy (non-hydrogen) atoms. The number of rotatable bonds is 6. The fraction of sp³-hybridized carbons (Fsp3) is 0. The van der Waals surface area contributed by atoms with Gasteiger partial charge in [0.2, 0.25) is 0 Å². The van der Waals surface area contributed by atoms with Gasteiger partial charge in [0, 0.05) is 38.7 Å². The smallest absolute Gasteiger partial charge is 0.137 e. The van der Waals surface area contributed by atoms with E-state index < -0.39 is 0 Å². The highest BCUT2D eigenvalue weighted by molar-refractivity contribution is 6.15. The lowest BCUT2D eigenvalue weighted by Crippen LogP contribution is -2.11. The second kappa shape index (κ2) is 11.9. The monoisotopic (exact) mass is 652 g/mol. The Bertz CT molecular complexity index is 2860. The molecule has 0 fully saturated rings. The third-order valence-corrected chi connectivity index (χ3v) is 9.98. The minimum atomic E-state index is 0.865. The molecule has 8 aromatic carbocycles. The average molecular weight is 653 g/mol. The fourth-order valence-corrected chi connectivity index (χ4v) is 7.79. The summed E-state index contributed by atoms with van der Waals surface area (Å²) in [6, 6.07) is 69.1. The number of aromatic nitrogens is 1. The summed E-state index contributed by atoms with van der Waals surface area (Å²) in [4.78, 5) is 2.41. The predicted octanol–water partition coefficient (Wildman–Crippen LogP) is 13.5. The van der Waals surface area contributed by atoms with Gasteiger partial charge in [0.15, 0.2) is 0 Å². The molecule has 0 saturated heterocycles. The van der Waals surface area contributed by atoms with Crippen LogP contribution in [0.15, 0.2) is 199 Å². The van der Waals surface area contributed by atoms with Crippen LogP contribution in [0.4, 0.5) is 17.1 Å². The summed E-state index contributed by atoms with van der Waals surface area (Å²) >= 11 is 0. The van der Waals surface area contributed by atoms with E-state index in [9.17, 15) is 0 Å². The molecule has 0 spiro atoms. The summed E-state index contributed by atoms with van der Waals surface area (Å²) in [5.74, 6) is 0. The quantitative estimate of drug-likeness (QED) is 0.178. The minimum absolute atomic E-state index is 0.865. The highest BCUT2D eigenvalue weighted by Crippen LogP contribution is 2.47. The van der Waals surface area contributed by atoms with E-state index in [4.69, 9.17) is 4.42 Å². The second-order valence-corrected chi connectivity index (χ2v) is 12.9. The van der Waals surface area contributed by atoms with Gasteiger partial charge in [0.25, 0.3) is 0 Å². The number of anilines is 3. The maximum Gasteiger partial charge on any atom is 0.137 e. The van der Waals surface area contributed by atoms with E-state index in [1.807, 2.05) is 6.07 Å². The van der Waals surface area contributed by atoms with Crippen LogP contribution in [0.2, 0.25) is 0 Å². The molecule has 0 N–H and O–H groups in total. The Balaban J connectivity index is 1.26. The first-order chi connectivity index (χ1) is 25.3. The van der Waals surface area contributed by atoms with Crippen molar-refractivity contribution in [2.24, 2.45) is 0 Å². The van der Waals surface area contributed by atoms with Gasteiger partial charge in [0.05, 0.1) is 27.8 Å². The van der Waals surface area contributed by atoms with Gasteiger partial charge in [-0.2, -0.15) is 0 Å². The van der Waals surface area contributed by atoms with E-state index in [0.717, 1.165) is 61.4 Å². The minimum Gasteiger partial charge on any atom is -0.456 e. The zero-order chi connectivity index (χ0) is 33.7. The van der Waals surface area contributed by atoms with Crippen LogP contribution < -0.4 is 4.90 Å². The molecule has 0 saturated carbocycles. The van der Waals surface area contributed by atoms with Crippen LogP contribution in [0.1, 0.15) is 0 Å². The first-order valence-corrected chi connectivity index (χ1v) is 17.4. The number of hydrogen-bond acceptors (Lipinski definition) is 2. The van der Waals surface area contributed by atoms with Crippen molar-refractivity contribution in [3.8, 4) is 27.9 Å². The summed E-state index contributed by atoms with van der Waals surface area (Å²) in [7, 11) is 0. The molecule has 0 atom stereocenters. The maximum absolute atomic E-state index is 6.43. The standard InChI is InChI=1S/C48H32N2O/c1-3-16-33(17-4-1)37-22-7-10-27-42(37)49(44-29-15-31-46-47(44)41-24-9-12-30-45(41)51-46)36-21-13-18-34(32-36)38-25-14-26-40-39-23-8-11-28-43(39)50(48(38)40)35-19-5-2-6-20-35/h1-32H. The predicted molar refractivity (Wildman–Crippen MR) is 214 cm³/mol. The van der Waals surface area contributed by atoms with Crippen LogP contribution in [0.25, 0.3) is 71.7 Å². The van der Waals surface area contributed by atoms with Crippen molar-refractivity contribution >= 4 is 60.8 Å². The summed E-state index contributed by atoms with van der Waals surface area (Å²) in [5, 5.41) is 4.66. The Hall–Kier alpha value is -6.84. The highest BCUT2D eigenvalue weighted by Gasteiger charge is 2.23. The van der Waals surface area contributed by atoms with Crippen LogP contribution in [0.3, 0.4) is 0 Å². The summed E-state index contributed by atoms with van der Waals surface area (Å²) in [5.41, 5.74) is 13.1. The zero-order valence-electron chi connectivity index (χ0n) is 27.8. The lowest BCUT2D eigenvalue weighted by molar-refractivity contribution is 0.669. The van der Waals surface area contributed by atoms with E-state index >= 15 is 0 Å². The molecule has 10 aromatic rings. The third kappa shape index (κ3) is 4.74. The molecule has 0 aliphatic rings. The van der Waals surface area contributed by atoms with Gasteiger partial charge in [-0.1, -0.05) is 140 Å². The lowest BCUT2D eigenvalue weighted by Gasteiger charge is -2.29. The first-order valence-electron chi connectivity index (χ1n) is 17.4. The lowest BCUT2D eigenvalue weighted by atomic mass is 9.99. The van der Waals surface area contributed by atoms with Gasteiger partial charge in [-0.15, -0.1) is 0 Å². The molecule has 2 heterocycles. The molecule has 0 bridgehead atoms. The summed E-state index contributed by atoms with van der Waals surface area (Å²) in [6.07, 6.45) is 0.